The Morgan fingerprint density at radius 1 is 1.12 bits per heavy atom. The van der Waals surface area contributed by atoms with Gasteiger partial charge in [-0.2, -0.15) is 13.2 Å². The van der Waals surface area contributed by atoms with Crippen molar-refractivity contribution in [1.29, 1.82) is 0 Å². The third-order valence-corrected chi connectivity index (χ3v) is 3.22. The highest BCUT2D eigenvalue weighted by molar-refractivity contribution is 5.91. The highest BCUT2D eigenvalue weighted by Crippen LogP contribution is 2.26. The van der Waals surface area contributed by atoms with Gasteiger partial charge in [-0.15, -0.1) is 0 Å². The number of imidazole rings is 1. The van der Waals surface area contributed by atoms with Crippen LogP contribution in [0.5, 0.6) is 0 Å². The number of pyridine rings is 1. The molecule has 2 heterocycles. The molecule has 0 bridgehead atoms. The molecule has 2 amide bonds. The first-order valence-electron chi connectivity index (χ1n) is 6.92. The SMILES string of the molecule is O=C(NCC(F)(F)F)Nc1ccc(-c2ccnc3[nH]cnc23)cc1. The second-order valence-corrected chi connectivity index (χ2v) is 4.96. The fourth-order valence-corrected chi connectivity index (χ4v) is 2.17. The lowest BCUT2D eigenvalue weighted by atomic mass is 10.1. The Balaban J connectivity index is 1.72. The number of alkyl halides is 3. The van der Waals surface area contributed by atoms with Crippen LogP contribution in [0.3, 0.4) is 0 Å². The predicted octanol–water partition coefficient (Wildman–Crippen LogP) is 3.31. The van der Waals surface area contributed by atoms with Crippen LogP contribution in [0.2, 0.25) is 0 Å². The number of anilines is 1. The van der Waals surface area contributed by atoms with E-state index in [-0.39, 0.29) is 0 Å². The van der Waals surface area contributed by atoms with Gasteiger partial charge >= 0.3 is 12.2 Å². The minimum Gasteiger partial charge on any atom is -0.329 e. The first-order chi connectivity index (χ1) is 11.4. The number of fused-ring (bicyclic) bond motifs is 1. The lowest BCUT2D eigenvalue weighted by Gasteiger charge is -2.10. The van der Waals surface area contributed by atoms with Crippen molar-refractivity contribution in [1.82, 2.24) is 20.3 Å². The van der Waals surface area contributed by atoms with Crippen LogP contribution in [0.4, 0.5) is 23.7 Å². The molecule has 9 heteroatoms. The molecule has 24 heavy (non-hydrogen) atoms. The molecule has 0 atom stereocenters. The number of hydrogen-bond acceptors (Lipinski definition) is 3. The van der Waals surface area contributed by atoms with E-state index in [1.807, 2.05) is 6.07 Å². The van der Waals surface area contributed by atoms with Crippen molar-refractivity contribution in [2.24, 2.45) is 0 Å². The summed E-state index contributed by atoms with van der Waals surface area (Å²) >= 11 is 0. The molecule has 0 fully saturated rings. The topological polar surface area (TPSA) is 82.7 Å². The van der Waals surface area contributed by atoms with Crippen LogP contribution < -0.4 is 10.6 Å². The van der Waals surface area contributed by atoms with Gasteiger partial charge < -0.3 is 15.6 Å². The van der Waals surface area contributed by atoms with Crippen LogP contribution in [0.1, 0.15) is 0 Å². The van der Waals surface area contributed by atoms with E-state index in [1.54, 1.807) is 42.1 Å². The van der Waals surface area contributed by atoms with E-state index in [2.05, 4.69) is 20.3 Å². The number of amides is 2. The molecular weight excluding hydrogens is 323 g/mol. The Hall–Kier alpha value is -3.10. The van der Waals surface area contributed by atoms with Crippen LogP contribution in [-0.2, 0) is 0 Å². The summed E-state index contributed by atoms with van der Waals surface area (Å²) in [7, 11) is 0. The zero-order chi connectivity index (χ0) is 17.2. The number of nitrogens with zero attached hydrogens (tertiary/aromatic N) is 2. The van der Waals surface area contributed by atoms with Crippen LogP contribution in [-0.4, -0.2) is 33.7 Å². The monoisotopic (exact) mass is 335 g/mol. The summed E-state index contributed by atoms with van der Waals surface area (Å²) in [6.07, 6.45) is -1.26. The van der Waals surface area contributed by atoms with Gasteiger partial charge in [-0.3, -0.25) is 0 Å². The van der Waals surface area contributed by atoms with Gasteiger partial charge in [0.25, 0.3) is 0 Å². The lowest BCUT2D eigenvalue weighted by molar-refractivity contribution is -0.122. The van der Waals surface area contributed by atoms with Gasteiger partial charge in [-0.05, 0) is 23.8 Å². The molecule has 124 valence electrons. The van der Waals surface area contributed by atoms with Gasteiger partial charge in [-0.25, -0.2) is 14.8 Å². The van der Waals surface area contributed by atoms with Gasteiger partial charge in [0, 0.05) is 17.4 Å². The minimum absolute atomic E-state index is 0.380. The van der Waals surface area contributed by atoms with Gasteiger partial charge in [0.05, 0.1) is 6.33 Å². The third kappa shape index (κ3) is 3.62. The second kappa shape index (κ2) is 6.19. The number of benzene rings is 1. The van der Waals surface area contributed by atoms with E-state index in [4.69, 9.17) is 0 Å². The van der Waals surface area contributed by atoms with Gasteiger partial charge in [0.2, 0.25) is 0 Å². The summed E-state index contributed by atoms with van der Waals surface area (Å²) in [6, 6.07) is 7.56. The fourth-order valence-electron chi connectivity index (χ4n) is 2.17. The molecule has 0 unspecified atom stereocenters. The molecule has 0 saturated heterocycles. The molecule has 0 aliphatic rings. The number of carbonyl (C=O) groups is 1. The average molecular weight is 335 g/mol. The van der Waals surface area contributed by atoms with E-state index in [9.17, 15) is 18.0 Å². The molecule has 0 saturated carbocycles. The van der Waals surface area contributed by atoms with Crippen LogP contribution in [0.25, 0.3) is 22.3 Å². The summed E-state index contributed by atoms with van der Waals surface area (Å²) < 4.78 is 36.1. The normalized spacial score (nSPS) is 11.5. The van der Waals surface area contributed by atoms with E-state index < -0.39 is 18.8 Å². The summed E-state index contributed by atoms with van der Waals surface area (Å²) in [5.74, 6) is 0. The molecule has 3 N–H and O–H groups in total. The summed E-state index contributed by atoms with van der Waals surface area (Å²) in [4.78, 5) is 22.7. The number of aromatic amines is 1. The Bertz CT molecular complexity index is 857. The van der Waals surface area contributed by atoms with E-state index in [0.29, 0.717) is 16.9 Å². The van der Waals surface area contributed by atoms with Gasteiger partial charge in [0.15, 0.2) is 5.65 Å². The van der Waals surface area contributed by atoms with Crippen molar-refractivity contribution >= 4 is 22.9 Å². The maximum atomic E-state index is 12.0. The number of halogens is 3. The number of H-pyrrole nitrogens is 1. The van der Waals surface area contributed by atoms with Crippen molar-refractivity contribution in [3.8, 4) is 11.1 Å². The highest BCUT2D eigenvalue weighted by Gasteiger charge is 2.27. The zero-order valence-electron chi connectivity index (χ0n) is 12.2. The number of hydrogen-bond donors (Lipinski definition) is 3. The predicted molar refractivity (Wildman–Crippen MR) is 82.4 cm³/mol. The van der Waals surface area contributed by atoms with Gasteiger partial charge in [-0.1, -0.05) is 12.1 Å². The standard InChI is InChI=1S/C15H12F3N5O/c16-15(17,18)7-20-14(24)23-10-3-1-9(2-4-10)11-5-6-19-13-12(11)21-8-22-13/h1-6,8H,7H2,(H,19,21,22)(H2,20,23,24). The third-order valence-electron chi connectivity index (χ3n) is 3.22. The highest BCUT2D eigenvalue weighted by atomic mass is 19.4. The molecule has 3 rings (SSSR count). The number of carbonyl (C=O) groups excluding carboxylic acids is 1. The van der Waals surface area contributed by atoms with Crippen LogP contribution in [0, 0.1) is 0 Å². The Kier molecular flexibility index (Phi) is 4.07. The molecule has 3 aromatic rings. The Labute approximate surface area is 134 Å². The fraction of sp³-hybridized carbons (Fsp3) is 0.133. The van der Waals surface area contributed by atoms with E-state index >= 15 is 0 Å². The summed E-state index contributed by atoms with van der Waals surface area (Å²) in [5, 5.41) is 4.08. The number of aromatic nitrogens is 3. The van der Waals surface area contributed by atoms with Crippen LogP contribution in [0.15, 0.2) is 42.9 Å². The molecule has 6 nitrogen and oxygen atoms in total. The van der Waals surface area contributed by atoms with Crippen LogP contribution >= 0.6 is 0 Å². The van der Waals surface area contributed by atoms with E-state index in [1.165, 1.54) is 0 Å². The largest absolute Gasteiger partial charge is 0.405 e. The average Bonchev–Trinajstić information content (AvgIpc) is 3.02. The first kappa shape index (κ1) is 15.8. The molecular formula is C15H12F3N5O. The first-order valence-corrected chi connectivity index (χ1v) is 6.92. The summed E-state index contributed by atoms with van der Waals surface area (Å²) in [5.41, 5.74) is 3.44. The Morgan fingerprint density at radius 2 is 1.88 bits per heavy atom. The van der Waals surface area contributed by atoms with E-state index in [0.717, 1.165) is 11.1 Å². The second-order valence-electron chi connectivity index (χ2n) is 4.96. The minimum atomic E-state index is -4.45. The lowest BCUT2D eigenvalue weighted by Crippen LogP contribution is -2.36. The quantitative estimate of drug-likeness (QED) is 0.687. The number of rotatable bonds is 3. The maximum absolute atomic E-state index is 12.0. The smallest absolute Gasteiger partial charge is 0.329 e. The molecule has 0 aliphatic carbocycles. The van der Waals surface area contributed by atoms with Gasteiger partial charge in [0.1, 0.15) is 12.1 Å². The molecule has 1 aromatic carbocycles. The molecule has 0 spiro atoms. The Morgan fingerprint density at radius 3 is 2.58 bits per heavy atom. The van der Waals surface area contributed by atoms with Crippen molar-refractivity contribution in [2.45, 2.75) is 6.18 Å². The zero-order valence-corrected chi connectivity index (χ0v) is 12.2. The van der Waals surface area contributed by atoms with Crippen molar-refractivity contribution in [3.63, 3.8) is 0 Å². The number of urea groups is 1. The maximum Gasteiger partial charge on any atom is 0.405 e. The molecule has 2 aromatic heterocycles. The summed E-state index contributed by atoms with van der Waals surface area (Å²) in [6.45, 7) is -1.38. The molecule has 0 radical (unpaired) electrons. The number of nitrogens with one attached hydrogen (secondary N) is 3. The molecule has 0 aliphatic heterocycles. The van der Waals surface area contributed by atoms with Crippen molar-refractivity contribution in [2.75, 3.05) is 11.9 Å². The van der Waals surface area contributed by atoms with Crippen molar-refractivity contribution < 1.29 is 18.0 Å². The van der Waals surface area contributed by atoms with Crippen molar-refractivity contribution in [3.05, 3.63) is 42.9 Å².